The molecule has 0 unspecified atom stereocenters. The quantitative estimate of drug-likeness (QED) is 0.480. The Morgan fingerprint density at radius 3 is 2.48 bits per heavy atom. The Kier molecular flexibility index (Phi) is 7.45. The Bertz CT molecular complexity index is 1230. The summed E-state index contributed by atoms with van der Waals surface area (Å²) in [6.45, 7) is 4.04. The van der Waals surface area contributed by atoms with Gasteiger partial charge in [0.15, 0.2) is 6.61 Å². The first-order valence-electron chi connectivity index (χ1n) is 10.4. The number of aryl methyl sites for hydroxylation is 1. The van der Waals surface area contributed by atoms with Crippen molar-refractivity contribution in [1.29, 1.82) is 0 Å². The first-order valence-corrected chi connectivity index (χ1v) is 10.4. The van der Waals surface area contributed by atoms with Gasteiger partial charge >= 0.3 is 5.63 Å². The van der Waals surface area contributed by atoms with E-state index in [0.29, 0.717) is 29.1 Å². The van der Waals surface area contributed by atoms with Crippen molar-refractivity contribution >= 4 is 34.4 Å². The predicted molar refractivity (Wildman–Crippen MR) is 123 cm³/mol. The Labute approximate surface area is 190 Å². The minimum atomic E-state index is -0.546. The number of benzene rings is 2. The highest BCUT2D eigenvalue weighted by Crippen LogP contribution is 2.22. The summed E-state index contributed by atoms with van der Waals surface area (Å²) in [6.07, 6.45) is 0.0948. The van der Waals surface area contributed by atoms with Gasteiger partial charge in [-0.1, -0.05) is 0 Å². The van der Waals surface area contributed by atoms with Crippen LogP contribution < -0.4 is 21.4 Å². The van der Waals surface area contributed by atoms with E-state index in [9.17, 15) is 19.2 Å². The van der Waals surface area contributed by atoms with Crippen LogP contribution in [-0.4, -0.2) is 42.3 Å². The second-order valence-corrected chi connectivity index (χ2v) is 7.41. The fraction of sp³-hybridized carbons (Fsp3) is 0.250. The molecule has 2 aromatic carbocycles. The molecule has 9 heteroatoms. The van der Waals surface area contributed by atoms with Gasteiger partial charge in [0.2, 0.25) is 11.8 Å². The Morgan fingerprint density at radius 1 is 1.09 bits per heavy atom. The molecule has 0 saturated carbocycles. The van der Waals surface area contributed by atoms with Crippen LogP contribution >= 0.6 is 0 Å². The predicted octanol–water partition coefficient (Wildman–Crippen LogP) is 2.46. The highest BCUT2D eigenvalue weighted by molar-refractivity contribution is 5.95. The van der Waals surface area contributed by atoms with Gasteiger partial charge in [-0.2, -0.15) is 0 Å². The molecule has 0 aliphatic heterocycles. The molecule has 3 amide bonds. The number of nitrogens with one attached hydrogen (secondary N) is 1. The summed E-state index contributed by atoms with van der Waals surface area (Å²) in [6, 6.07) is 12.7. The molecular formula is C24H25N3O6. The average Bonchev–Trinajstić information content (AvgIpc) is 2.78. The van der Waals surface area contributed by atoms with E-state index in [4.69, 9.17) is 14.9 Å². The number of nitrogens with two attached hydrogens (primary N) is 1. The van der Waals surface area contributed by atoms with E-state index in [1.54, 1.807) is 30.3 Å². The zero-order chi connectivity index (χ0) is 24.0. The second kappa shape index (κ2) is 10.4. The first-order chi connectivity index (χ1) is 15.8. The largest absolute Gasteiger partial charge is 0.484 e. The summed E-state index contributed by atoms with van der Waals surface area (Å²) in [5.74, 6) is -0.691. The minimum absolute atomic E-state index is 0.0948. The molecule has 0 saturated heterocycles. The molecule has 0 atom stereocenters. The van der Waals surface area contributed by atoms with Gasteiger partial charge < -0.3 is 25.1 Å². The summed E-state index contributed by atoms with van der Waals surface area (Å²) < 4.78 is 10.8. The SMILES string of the molecule is CCN(CCC(=O)Nc1ccc(C(N)=O)cc1)C(=O)COc1ccc2c(C)cc(=O)oc2c1. The van der Waals surface area contributed by atoms with Gasteiger partial charge in [0.05, 0.1) is 0 Å². The van der Waals surface area contributed by atoms with Crippen molar-refractivity contribution in [2.45, 2.75) is 20.3 Å². The van der Waals surface area contributed by atoms with Gasteiger partial charge in [0.1, 0.15) is 11.3 Å². The van der Waals surface area contributed by atoms with Gasteiger partial charge in [-0.05, 0) is 55.8 Å². The Balaban J connectivity index is 1.52. The van der Waals surface area contributed by atoms with Crippen molar-refractivity contribution in [3.8, 4) is 5.75 Å². The van der Waals surface area contributed by atoms with Crippen molar-refractivity contribution in [1.82, 2.24) is 4.90 Å². The van der Waals surface area contributed by atoms with E-state index < -0.39 is 11.5 Å². The van der Waals surface area contributed by atoms with Crippen molar-refractivity contribution in [2.75, 3.05) is 25.0 Å². The van der Waals surface area contributed by atoms with E-state index >= 15 is 0 Å². The summed E-state index contributed by atoms with van der Waals surface area (Å²) in [5, 5.41) is 3.50. The van der Waals surface area contributed by atoms with Crippen molar-refractivity contribution < 1.29 is 23.5 Å². The van der Waals surface area contributed by atoms with Crippen LogP contribution in [-0.2, 0) is 9.59 Å². The van der Waals surface area contributed by atoms with Crippen LogP contribution in [0, 0.1) is 6.92 Å². The smallest absolute Gasteiger partial charge is 0.336 e. The fourth-order valence-electron chi connectivity index (χ4n) is 3.27. The molecule has 172 valence electrons. The zero-order valence-corrected chi connectivity index (χ0v) is 18.4. The van der Waals surface area contributed by atoms with E-state index in [2.05, 4.69) is 5.32 Å². The van der Waals surface area contributed by atoms with Crippen LogP contribution in [0.2, 0.25) is 0 Å². The lowest BCUT2D eigenvalue weighted by atomic mass is 10.1. The zero-order valence-electron chi connectivity index (χ0n) is 18.4. The third-order valence-electron chi connectivity index (χ3n) is 5.08. The first kappa shape index (κ1) is 23.5. The van der Waals surface area contributed by atoms with Crippen molar-refractivity contribution in [2.24, 2.45) is 5.73 Å². The number of anilines is 1. The average molecular weight is 451 g/mol. The van der Waals surface area contributed by atoms with Crippen LogP contribution in [0.25, 0.3) is 11.0 Å². The summed E-state index contributed by atoms with van der Waals surface area (Å²) in [7, 11) is 0. The number of rotatable bonds is 9. The molecule has 1 aromatic heterocycles. The number of primary amides is 1. The number of carbonyl (C=O) groups excluding carboxylic acids is 3. The van der Waals surface area contributed by atoms with Crippen LogP contribution in [0.4, 0.5) is 5.69 Å². The van der Waals surface area contributed by atoms with Gasteiger partial charge in [-0.15, -0.1) is 0 Å². The number of fused-ring (bicyclic) bond motifs is 1. The van der Waals surface area contributed by atoms with Crippen LogP contribution in [0.15, 0.2) is 57.7 Å². The molecule has 0 aliphatic rings. The number of hydrogen-bond donors (Lipinski definition) is 2. The van der Waals surface area contributed by atoms with Crippen LogP contribution in [0.5, 0.6) is 5.75 Å². The molecule has 3 N–H and O–H groups in total. The molecule has 0 fully saturated rings. The third-order valence-corrected chi connectivity index (χ3v) is 5.08. The van der Waals surface area contributed by atoms with Gasteiger partial charge in [0.25, 0.3) is 5.91 Å². The van der Waals surface area contributed by atoms with Gasteiger partial charge in [-0.3, -0.25) is 14.4 Å². The minimum Gasteiger partial charge on any atom is -0.484 e. The molecular weight excluding hydrogens is 426 g/mol. The lowest BCUT2D eigenvalue weighted by molar-refractivity contribution is -0.133. The summed E-state index contributed by atoms with van der Waals surface area (Å²) in [4.78, 5) is 49.0. The van der Waals surface area contributed by atoms with Gasteiger partial charge in [0, 0.05) is 48.3 Å². The number of carbonyl (C=O) groups is 3. The molecule has 0 aliphatic carbocycles. The molecule has 9 nitrogen and oxygen atoms in total. The van der Waals surface area contributed by atoms with E-state index in [1.165, 1.54) is 23.1 Å². The standard InChI is InChI=1S/C24H25N3O6/c1-3-27(11-10-21(28)26-17-6-4-16(5-7-17)24(25)31)22(29)14-32-18-8-9-19-15(2)12-23(30)33-20(19)13-18/h4-9,12-13H,3,10-11,14H2,1-2H3,(H2,25,31)(H,26,28). The number of nitrogens with zero attached hydrogens (tertiary/aromatic N) is 1. The summed E-state index contributed by atoms with van der Waals surface area (Å²) in [5.41, 5.74) is 6.80. The maximum Gasteiger partial charge on any atom is 0.336 e. The number of hydrogen-bond acceptors (Lipinski definition) is 6. The molecule has 3 aromatic rings. The monoisotopic (exact) mass is 451 g/mol. The van der Waals surface area contributed by atoms with Crippen molar-refractivity contribution in [3.63, 3.8) is 0 Å². The molecule has 0 spiro atoms. The Morgan fingerprint density at radius 2 is 1.82 bits per heavy atom. The number of likely N-dealkylation sites (N-methyl/N-ethyl adjacent to an activating group) is 1. The van der Waals surface area contributed by atoms with Crippen LogP contribution in [0.1, 0.15) is 29.3 Å². The molecule has 33 heavy (non-hydrogen) atoms. The molecule has 0 bridgehead atoms. The highest BCUT2D eigenvalue weighted by Gasteiger charge is 2.15. The maximum atomic E-state index is 12.5. The molecule has 3 rings (SSSR count). The third kappa shape index (κ3) is 6.19. The van der Waals surface area contributed by atoms with Gasteiger partial charge in [-0.25, -0.2) is 4.79 Å². The number of amides is 3. The second-order valence-electron chi connectivity index (χ2n) is 7.41. The lowest BCUT2D eigenvalue weighted by Crippen LogP contribution is -2.37. The van der Waals surface area contributed by atoms with Crippen molar-refractivity contribution in [3.05, 3.63) is 70.1 Å². The van der Waals surface area contributed by atoms with E-state index in [0.717, 1.165) is 10.9 Å². The van der Waals surface area contributed by atoms with Crippen LogP contribution in [0.3, 0.4) is 0 Å². The fourth-order valence-corrected chi connectivity index (χ4v) is 3.27. The Hall–Kier alpha value is -4.14. The number of ether oxygens (including phenoxy) is 1. The normalized spacial score (nSPS) is 10.6. The summed E-state index contributed by atoms with van der Waals surface area (Å²) >= 11 is 0. The highest BCUT2D eigenvalue weighted by atomic mass is 16.5. The molecule has 1 heterocycles. The van der Waals surface area contributed by atoms with E-state index in [-0.39, 0.29) is 31.4 Å². The molecule has 0 radical (unpaired) electrons. The van der Waals surface area contributed by atoms with E-state index in [1.807, 2.05) is 13.8 Å². The topological polar surface area (TPSA) is 132 Å². The maximum absolute atomic E-state index is 12.5. The lowest BCUT2D eigenvalue weighted by Gasteiger charge is -2.21.